The van der Waals surface area contributed by atoms with Gasteiger partial charge in [0.15, 0.2) is 5.43 Å². The molecule has 0 N–H and O–H groups in total. The van der Waals surface area contributed by atoms with E-state index < -0.39 is 0 Å². The van der Waals surface area contributed by atoms with E-state index in [0.717, 1.165) is 16.9 Å². The molecular weight excluding hydrogens is 200 g/mol. The van der Waals surface area contributed by atoms with Gasteiger partial charge < -0.3 is 4.74 Å². The van der Waals surface area contributed by atoms with E-state index in [1.807, 2.05) is 36.4 Å². The Balaban J connectivity index is 2.47. The van der Waals surface area contributed by atoms with E-state index in [0.29, 0.717) is 0 Å². The molecule has 0 amide bonds. The highest BCUT2D eigenvalue weighted by molar-refractivity contribution is 5.63. The van der Waals surface area contributed by atoms with E-state index in [-0.39, 0.29) is 5.43 Å². The van der Waals surface area contributed by atoms with Gasteiger partial charge in [0.1, 0.15) is 5.75 Å². The number of methoxy groups -OCH3 is 1. The third-order valence-electron chi connectivity index (χ3n) is 2.37. The first-order chi connectivity index (χ1) is 7.79. The van der Waals surface area contributed by atoms with Crippen LogP contribution < -0.4 is 10.2 Å². The van der Waals surface area contributed by atoms with Crippen LogP contribution in [-0.2, 0) is 0 Å². The maximum Gasteiger partial charge on any atom is 0.179 e. The number of hydrogen-bond donors (Lipinski definition) is 0. The van der Waals surface area contributed by atoms with Gasteiger partial charge in [0, 0.05) is 0 Å². The molecule has 2 nitrogen and oxygen atoms in total. The maximum atomic E-state index is 11.4. The predicted octanol–water partition coefficient (Wildman–Crippen LogP) is 2.72. The van der Waals surface area contributed by atoms with Gasteiger partial charge in [-0.15, -0.1) is 0 Å². The maximum absolute atomic E-state index is 11.4. The Morgan fingerprint density at radius 1 is 0.875 bits per heavy atom. The van der Waals surface area contributed by atoms with Crippen molar-refractivity contribution in [1.29, 1.82) is 0 Å². The summed E-state index contributed by atoms with van der Waals surface area (Å²) in [6, 6.07) is 16.3. The predicted molar refractivity (Wildman–Crippen MR) is 64.7 cm³/mol. The summed E-state index contributed by atoms with van der Waals surface area (Å²) in [7, 11) is 1.63. The van der Waals surface area contributed by atoms with Gasteiger partial charge in [0.05, 0.1) is 7.11 Å². The molecule has 0 aromatic heterocycles. The van der Waals surface area contributed by atoms with Crippen LogP contribution in [0.2, 0.25) is 0 Å². The Hall–Kier alpha value is -2.09. The first-order valence-electron chi connectivity index (χ1n) is 5.04. The fourth-order valence-corrected chi connectivity index (χ4v) is 1.52. The zero-order valence-corrected chi connectivity index (χ0v) is 9.01. The minimum atomic E-state index is 0.0100. The lowest BCUT2D eigenvalue weighted by Gasteiger charge is -2.01. The standard InChI is InChI=1S/C14H12O2/c1-16-14-8-6-11(7-9-14)12-4-2-3-5-13(15)10-12/h2-10H,1H3. The first kappa shape index (κ1) is 10.4. The number of ether oxygens (including phenoxy) is 1. The molecule has 0 heterocycles. The van der Waals surface area contributed by atoms with E-state index in [9.17, 15) is 4.79 Å². The number of hydrogen-bond acceptors (Lipinski definition) is 2. The lowest BCUT2D eigenvalue weighted by Crippen LogP contribution is -1.91. The monoisotopic (exact) mass is 212 g/mol. The molecule has 16 heavy (non-hydrogen) atoms. The Morgan fingerprint density at radius 2 is 1.56 bits per heavy atom. The zero-order valence-electron chi connectivity index (χ0n) is 9.01. The van der Waals surface area contributed by atoms with Crippen molar-refractivity contribution in [1.82, 2.24) is 0 Å². The second-order valence-corrected chi connectivity index (χ2v) is 3.45. The van der Waals surface area contributed by atoms with Crippen molar-refractivity contribution < 1.29 is 4.74 Å². The van der Waals surface area contributed by atoms with Crippen LogP contribution in [0.15, 0.2) is 59.4 Å². The van der Waals surface area contributed by atoms with Crippen molar-refractivity contribution in [3.63, 3.8) is 0 Å². The smallest absolute Gasteiger partial charge is 0.179 e. The molecule has 0 bridgehead atoms. The Bertz CT molecular complexity index is 530. The van der Waals surface area contributed by atoms with Gasteiger partial charge in [0.25, 0.3) is 0 Å². The van der Waals surface area contributed by atoms with Crippen molar-refractivity contribution in [3.8, 4) is 16.9 Å². The lowest BCUT2D eigenvalue weighted by atomic mass is 10.1. The minimum absolute atomic E-state index is 0.0100. The first-order valence-corrected chi connectivity index (χ1v) is 5.04. The van der Waals surface area contributed by atoms with Crippen LogP contribution in [0.1, 0.15) is 0 Å². The summed E-state index contributed by atoms with van der Waals surface area (Å²) in [5, 5.41) is 0. The average Bonchev–Trinajstić information content (AvgIpc) is 2.54. The quantitative estimate of drug-likeness (QED) is 0.765. The summed E-state index contributed by atoms with van der Waals surface area (Å²) in [6.45, 7) is 0. The Morgan fingerprint density at radius 3 is 2.25 bits per heavy atom. The third-order valence-corrected chi connectivity index (χ3v) is 2.37. The molecule has 2 rings (SSSR count). The molecule has 0 saturated carbocycles. The fourth-order valence-electron chi connectivity index (χ4n) is 1.52. The molecule has 0 aliphatic heterocycles. The summed E-state index contributed by atoms with van der Waals surface area (Å²) in [4.78, 5) is 11.4. The zero-order chi connectivity index (χ0) is 11.4. The van der Waals surface area contributed by atoms with E-state index in [4.69, 9.17) is 4.74 Å². The highest BCUT2D eigenvalue weighted by Gasteiger charge is 1.97. The van der Waals surface area contributed by atoms with Gasteiger partial charge in [-0.3, -0.25) is 4.79 Å². The second kappa shape index (κ2) is 4.62. The molecule has 0 aliphatic carbocycles. The van der Waals surface area contributed by atoms with Gasteiger partial charge in [-0.2, -0.15) is 0 Å². The number of benzene rings is 1. The largest absolute Gasteiger partial charge is 0.497 e. The van der Waals surface area contributed by atoms with Crippen LogP contribution in [0.4, 0.5) is 0 Å². The molecule has 0 spiro atoms. The molecule has 2 aromatic carbocycles. The van der Waals surface area contributed by atoms with Gasteiger partial charge in [-0.1, -0.05) is 30.3 Å². The summed E-state index contributed by atoms with van der Waals surface area (Å²) in [5.74, 6) is 0.811. The van der Waals surface area contributed by atoms with Crippen molar-refractivity contribution in [2.24, 2.45) is 0 Å². The van der Waals surface area contributed by atoms with E-state index in [1.165, 1.54) is 0 Å². The van der Waals surface area contributed by atoms with Crippen LogP contribution >= 0.6 is 0 Å². The fraction of sp³-hybridized carbons (Fsp3) is 0.0714. The molecule has 0 unspecified atom stereocenters. The van der Waals surface area contributed by atoms with Gasteiger partial charge in [-0.05, 0) is 35.4 Å². The highest BCUT2D eigenvalue weighted by Crippen LogP contribution is 2.20. The summed E-state index contributed by atoms with van der Waals surface area (Å²) in [5.41, 5.74) is 1.93. The third kappa shape index (κ3) is 2.28. The molecule has 0 atom stereocenters. The minimum Gasteiger partial charge on any atom is -0.497 e. The summed E-state index contributed by atoms with van der Waals surface area (Å²) in [6.07, 6.45) is 0. The van der Waals surface area contributed by atoms with Gasteiger partial charge >= 0.3 is 0 Å². The number of rotatable bonds is 2. The SMILES string of the molecule is COc1ccc(-c2ccccc(=O)c2)cc1. The molecule has 0 saturated heterocycles. The van der Waals surface area contributed by atoms with Crippen LogP contribution in [-0.4, -0.2) is 7.11 Å². The molecular formula is C14H12O2. The van der Waals surface area contributed by atoms with Gasteiger partial charge in [0.2, 0.25) is 0 Å². The van der Waals surface area contributed by atoms with Crippen LogP contribution in [0, 0.1) is 0 Å². The molecule has 2 aromatic rings. The molecule has 0 radical (unpaired) electrons. The van der Waals surface area contributed by atoms with E-state index in [2.05, 4.69) is 0 Å². The molecule has 0 aliphatic rings. The van der Waals surface area contributed by atoms with Crippen molar-refractivity contribution in [2.45, 2.75) is 0 Å². The van der Waals surface area contributed by atoms with E-state index >= 15 is 0 Å². The van der Waals surface area contributed by atoms with Crippen LogP contribution in [0.25, 0.3) is 11.1 Å². The lowest BCUT2D eigenvalue weighted by molar-refractivity contribution is 0.415. The second-order valence-electron chi connectivity index (χ2n) is 3.45. The Kier molecular flexibility index (Phi) is 3.01. The molecule has 2 heteroatoms. The summed E-state index contributed by atoms with van der Waals surface area (Å²) < 4.78 is 5.09. The highest BCUT2D eigenvalue weighted by atomic mass is 16.5. The molecule has 0 fully saturated rings. The van der Waals surface area contributed by atoms with Crippen LogP contribution in [0.3, 0.4) is 0 Å². The van der Waals surface area contributed by atoms with Crippen molar-refractivity contribution in [3.05, 3.63) is 64.8 Å². The van der Waals surface area contributed by atoms with Gasteiger partial charge in [-0.25, -0.2) is 0 Å². The topological polar surface area (TPSA) is 26.3 Å². The van der Waals surface area contributed by atoms with Crippen molar-refractivity contribution in [2.75, 3.05) is 7.11 Å². The van der Waals surface area contributed by atoms with Crippen molar-refractivity contribution >= 4 is 0 Å². The normalized spacial score (nSPS) is 9.81. The van der Waals surface area contributed by atoms with E-state index in [1.54, 1.807) is 25.3 Å². The van der Waals surface area contributed by atoms with Crippen LogP contribution in [0.5, 0.6) is 5.75 Å². The average molecular weight is 212 g/mol. The molecule has 80 valence electrons. The Labute approximate surface area is 94.1 Å². The summed E-state index contributed by atoms with van der Waals surface area (Å²) >= 11 is 0.